The number of methoxy groups -OCH3 is 4. The minimum atomic E-state index is -0.373. The van der Waals surface area contributed by atoms with Crippen LogP contribution >= 0.6 is 15.9 Å². The Morgan fingerprint density at radius 2 is 0.851 bits per heavy atom. The summed E-state index contributed by atoms with van der Waals surface area (Å²) >= 11 is 3.59. The predicted molar refractivity (Wildman–Crippen MR) is 454 cm³/mol. The third-order valence-electron chi connectivity index (χ3n) is 21.5. The van der Waals surface area contributed by atoms with Crippen LogP contribution in [0.15, 0.2) is 255 Å². The second kappa shape index (κ2) is 35.5. The Kier molecular flexibility index (Phi) is 23.5. The summed E-state index contributed by atoms with van der Waals surface area (Å²) in [5, 5.41) is 0. The SMILES string of the molecule is COc1cccc(Cn2cncc2CC(=O)N2Cc3nc(-c4ccccc4OC)cn3Cc3c(F)cccc32)c1.[C-]#[N+]c1ccc(Cc2cncn2CC(=O)N2Cc3nc(-c4ccccc4OC)cn3Cc3c(F)cccc32)cc1.[C-]#[N+]c1ccc(Cn2cncc2CC(=O)N2Cc3nc(-c4ccccc4Br)cn3Cc3c(F)cccc32)cc1OC. The van der Waals surface area contributed by atoms with E-state index >= 15 is 13.2 Å². The fraction of sp³-hybridized carbons (Fsp3) is 0.172. The van der Waals surface area contributed by atoms with Gasteiger partial charge in [0, 0.05) is 112 Å². The number of aromatic nitrogens is 12. The summed E-state index contributed by atoms with van der Waals surface area (Å²) in [6.45, 7) is 16.8. The summed E-state index contributed by atoms with van der Waals surface area (Å²) < 4.78 is 79.5. The number of imidazole rings is 6. The van der Waals surface area contributed by atoms with Gasteiger partial charge in [0.15, 0.2) is 5.69 Å². The average molecular weight is 1680 g/mol. The van der Waals surface area contributed by atoms with Crippen LogP contribution in [-0.2, 0) is 92.5 Å². The number of fused-ring (bicyclic) bond motifs is 6. The average Bonchev–Trinajstić information content (AvgIpc) is 1.64. The third-order valence-corrected chi connectivity index (χ3v) is 22.1. The van der Waals surface area contributed by atoms with Crippen LogP contribution in [0.2, 0.25) is 0 Å². The van der Waals surface area contributed by atoms with Crippen LogP contribution in [0.4, 0.5) is 41.6 Å². The molecule has 9 heterocycles. The van der Waals surface area contributed by atoms with Crippen molar-refractivity contribution in [3.8, 4) is 56.8 Å². The Morgan fingerprint density at radius 3 is 1.32 bits per heavy atom. The van der Waals surface area contributed by atoms with Gasteiger partial charge in [-0.3, -0.25) is 14.4 Å². The zero-order valence-corrected chi connectivity index (χ0v) is 67.7. The molecule has 0 saturated heterocycles. The van der Waals surface area contributed by atoms with Crippen LogP contribution in [-0.4, -0.2) is 103 Å². The Bertz CT molecular complexity index is 6490. The summed E-state index contributed by atoms with van der Waals surface area (Å²) in [5.41, 5.74) is 13.9. The molecule has 0 atom stereocenters. The van der Waals surface area contributed by atoms with Crippen molar-refractivity contribution >= 4 is 62.1 Å². The number of para-hydroxylation sites is 2. The Morgan fingerprint density at radius 1 is 0.421 bits per heavy atom. The van der Waals surface area contributed by atoms with E-state index in [9.17, 15) is 14.4 Å². The zero-order valence-electron chi connectivity index (χ0n) is 66.1. The standard InChI is InChI=1S/C31H24BrFN6O2.C31H25FN6O2.C31H28FN5O3/c1-34-26-11-10-20(12-29(26)41-2)15-38-19-35-14-21(38)13-31(40)39-18-30-36-27(22-6-3-4-7-24(22)32)17-37(30)16-23-25(33)8-5-9-28(23)39;1-33-22-12-10-21(11-13-22)14-23-15-34-20-37(23)19-31(39)38-18-30-35-27(24-6-3-4-9-29(24)40-2)17-36(30)16-25-26(32)7-5-8-28(25)38;1-39-23-8-5-7-21(13-23)16-36-20-33-15-22(36)14-31(38)37-19-30-34-27(24-9-3-4-12-29(24)40-2)18-35(30)17-25-26(32)10-6-11-28(25)37/h3-12,14,17,19H,13,15-16,18H2,2H3;3-13,15,17,20H,14,16,18-19H2,2H3;3-13,15,18,20H,14,16-17,19H2,1-2H3. The highest BCUT2D eigenvalue weighted by Crippen LogP contribution is 2.39. The fourth-order valence-electron chi connectivity index (χ4n) is 15.3. The van der Waals surface area contributed by atoms with E-state index in [0.29, 0.717) is 116 Å². The number of amides is 3. The van der Waals surface area contributed by atoms with Crippen molar-refractivity contribution in [3.63, 3.8) is 0 Å². The quantitative estimate of drug-likeness (QED) is 0.0690. The number of ether oxygens (including phenoxy) is 4. The van der Waals surface area contributed by atoms with Gasteiger partial charge in [-0.15, -0.1) is 0 Å². The number of carbonyl (C=O) groups is 3. The largest absolute Gasteiger partial charge is 0.508 e. The highest BCUT2D eigenvalue weighted by atomic mass is 79.9. The number of halogens is 4. The van der Waals surface area contributed by atoms with Crippen LogP contribution < -0.4 is 33.6 Å². The summed E-state index contributed by atoms with van der Waals surface area (Å²) in [5.74, 6) is 2.94. The molecule has 0 spiro atoms. The minimum Gasteiger partial charge on any atom is -0.508 e. The molecule has 0 aliphatic carbocycles. The molecular weight excluding hydrogens is 1600 g/mol. The van der Waals surface area contributed by atoms with Gasteiger partial charge in [-0.25, -0.2) is 52.8 Å². The van der Waals surface area contributed by atoms with Crippen LogP contribution in [0, 0.1) is 30.6 Å². The summed E-state index contributed by atoms with van der Waals surface area (Å²) in [6.07, 6.45) is 16.5. The van der Waals surface area contributed by atoms with Gasteiger partial charge in [0.2, 0.25) is 23.4 Å². The van der Waals surface area contributed by atoms with Gasteiger partial charge in [0.05, 0.1) is 147 Å². The molecule has 0 radical (unpaired) electrons. The molecule has 24 nitrogen and oxygen atoms in total. The molecule has 18 rings (SSSR count). The Labute approximate surface area is 703 Å². The molecule has 604 valence electrons. The smallest absolute Gasteiger partial charge is 0.247 e. The zero-order chi connectivity index (χ0) is 83.8. The first-order valence-corrected chi connectivity index (χ1v) is 39.4. The number of carbonyl (C=O) groups excluding carboxylic acids is 3. The number of rotatable bonds is 19. The van der Waals surface area contributed by atoms with Crippen molar-refractivity contribution in [2.45, 2.75) is 78.2 Å². The van der Waals surface area contributed by atoms with Gasteiger partial charge in [0.25, 0.3) is 0 Å². The molecule has 6 aromatic heterocycles. The second-order valence-corrected chi connectivity index (χ2v) is 29.7. The van der Waals surface area contributed by atoms with E-state index in [1.165, 1.54) is 25.3 Å². The molecule has 9 aromatic carbocycles. The molecule has 3 amide bonds. The molecule has 0 unspecified atom stereocenters. The van der Waals surface area contributed by atoms with Crippen LogP contribution in [0.1, 0.15) is 67.9 Å². The molecule has 0 N–H and O–H groups in total. The van der Waals surface area contributed by atoms with Crippen molar-refractivity contribution in [2.75, 3.05) is 43.1 Å². The van der Waals surface area contributed by atoms with E-state index in [4.69, 9.17) is 47.0 Å². The van der Waals surface area contributed by atoms with Crippen molar-refractivity contribution in [1.82, 2.24) is 57.3 Å². The molecule has 3 aliphatic rings. The number of hydrogen-bond acceptors (Lipinski definition) is 13. The van der Waals surface area contributed by atoms with E-state index in [2.05, 4.69) is 40.6 Å². The number of nitrogens with zero attached hydrogens (tertiary/aromatic N) is 17. The van der Waals surface area contributed by atoms with Crippen LogP contribution in [0.3, 0.4) is 0 Å². The van der Waals surface area contributed by atoms with Crippen LogP contribution in [0.5, 0.6) is 23.0 Å². The molecule has 28 heteroatoms. The first-order chi connectivity index (χ1) is 59.0. The van der Waals surface area contributed by atoms with Gasteiger partial charge < -0.3 is 61.0 Å². The van der Waals surface area contributed by atoms with E-state index in [1.54, 1.807) is 128 Å². The summed E-state index contributed by atoms with van der Waals surface area (Å²) in [6, 6.07) is 58.0. The van der Waals surface area contributed by atoms with Crippen molar-refractivity contribution < 1.29 is 46.5 Å². The minimum absolute atomic E-state index is 0.0332. The van der Waals surface area contributed by atoms with Gasteiger partial charge in [-0.1, -0.05) is 125 Å². The van der Waals surface area contributed by atoms with Crippen molar-refractivity contribution in [1.29, 1.82) is 0 Å². The van der Waals surface area contributed by atoms with E-state index in [-0.39, 0.29) is 93.8 Å². The Balaban J connectivity index is 0.000000135. The second-order valence-electron chi connectivity index (χ2n) is 28.9. The molecule has 15 aromatic rings. The predicted octanol–water partition coefficient (Wildman–Crippen LogP) is 17.1. The lowest BCUT2D eigenvalue weighted by molar-refractivity contribution is -0.119. The number of benzene rings is 9. The maximum absolute atomic E-state index is 15.2. The van der Waals surface area contributed by atoms with Crippen molar-refractivity contribution in [3.05, 3.63) is 363 Å². The monoisotopic (exact) mass is 1680 g/mol. The summed E-state index contributed by atoms with van der Waals surface area (Å²) in [4.78, 5) is 80.7. The molecule has 121 heavy (non-hydrogen) atoms. The first-order valence-electron chi connectivity index (χ1n) is 38.6. The molecule has 3 aliphatic heterocycles. The highest BCUT2D eigenvalue weighted by molar-refractivity contribution is 9.10. The van der Waals surface area contributed by atoms with Gasteiger partial charge in [-0.05, 0) is 102 Å². The van der Waals surface area contributed by atoms with Gasteiger partial charge >= 0.3 is 0 Å². The topological polar surface area (TPSA) is 213 Å². The third kappa shape index (κ3) is 17.2. The normalized spacial score (nSPS) is 12.3. The van der Waals surface area contributed by atoms with Crippen molar-refractivity contribution in [2.24, 2.45) is 0 Å². The maximum atomic E-state index is 15.2. The molecule has 0 fully saturated rings. The summed E-state index contributed by atoms with van der Waals surface area (Å²) in [7, 11) is 6.39. The number of hydrogen-bond donors (Lipinski definition) is 0. The van der Waals surface area contributed by atoms with E-state index < -0.39 is 0 Å². The van der Waals surface area contributed by atoms with E-state index in [0.717, 1.165) is 60.7 Å². The van der Waals surface area contributed by atoms with E-state index in [1.807, 2.05) is 167 Å². The fourth-order valence-corrected chi connectivity index (χ4v) is 15.8. The number of anilines is 3. The van der Waals surface area contributed by atoms with Gasteiger partial charge in [-0.2, -0.15) is 0 Å². The lowest BCUT2D eigenvalue weighted by atomic mass is 10.1. The Hall–Kier alpha value is -14.9. The lowest BCUT2D eigenvalue weighted by Crippen LogP contribution is -2.34. The molecular formula is C93H77BrF3N17O7. The van der Waals surface area contributed by atoms with Gasteiger partial charge in [0.1, 0.15) is 64.5 Å². The maximum Gasteiger partial charge on any atom is 0.247 e. The van der Waals surface area contributed by atoms with Crippen LogP contribution in [0.25, 0.3) is 43.5 Å². The molecule has 0 bridgehead atoms. The first kappa shape index (κ1) is 79.9. The lowest BCUT2D eigenvalue weighted by Gasteiger charge is -2.23. The highest BCUT2D eigenvalue weighted by Gasteiger charge is 2.33. The molecule has 0 saturated carbocycles.